The van der Waals surface area contributed by atoms with Crippen molar-refractivity contribution in [2.45, 2.75) is 13.5 Å². The van der Waals surface area contributed by atoms with Gasteiger partial charge in [0.05, 0.1) is 17.7 Å². The third-order valence-electron chi connectivity index (χ3n) is 4.73. The number of nitrogens with one attached hydrogen (secondary N) is 1. The zero-order valence-electron chi connectivity index (χ0n) is 17.2. The zero-order chi connectivity index (χ0) is 23.5. The zero-order valence-corrected chi connectivity index (χ0v) is 25.2. The fraction of sp³-hybridized carbons (Fsp3) is 0.0833. The SMILES string of the molecule is Cc1c(Cl)cccc1N=C1NC(=O)/C(=C\c2cc(I)c(OCc3ccc(I)cc3)c(I)c2)S1. The summed E-state index contributed by atoms with van der Waals surface area (Å²) in [5, 5.41) is 4.02. The van der Waals surface area contributed by atoms with Gasteiger partial charge in [0.1, 0.15) is 12.4 Å². The van der Waals surface area contributed by atoms with Crippen LogP contribution in [0, 0.1) is 17.6 Å². The third-order valence-corrected chi connectivity index (χ3v) is 8.37. The lowest BCUT2D eigenvalue weighted by atomic mass is 10.2. The molecule has 0 bridgehead atoms. The lowest BCUT2D eigenvalue weighted by molar-refractivity contribution is -0.115. The first kappa shape index (κ1) is 25.3. The molecule has 0 unspecified atom stereocenters. The van der Waals surface area contributed by atoms with Gasteiger partial charge in [-0.25, -0.2) is 4.99 Å². The van der Waals surface area contributed by atoms with Crippen molar-refractivity contribution in [3.8, 4) is 5.75 Å². The molecule has 33 heavy (non-hydrogen) atoms. The number of halogens is 4. The first-order chi connectivity index (χ1) is 15.8. The maximum absolute atomic E-state index is 12.5. The van der Waals surface area contributed by atoms with Gasteiger partial charge in [-0.15, -0.1) is 0 Å². The first-order valence-corrected chi connectivity index (χ1v) is 14.1. The number of carbonyl (C=O) groups excluding carboxylic acids is 1. The Labute approximate surface area is 242 Å². The molecule has 1 fully saturated rings. The summed E-state index contributed by atoms with van der Waals surface area (Å²) >= 11 is 14.3. The lowest BCUT2D eigenvalue weighted by Gasteiger charge is -2.12. The molecular formula is C24H16ClI3N2O2S. The van der Waals surface area contributed by atoms with Crippen LogP contribution in [0.5, 0.6) is 5.75 Å². The van der Waals surface area contributed by atoms with Gasteiger partial charge in [-0.1, -0.05) is 29.8 Å². The van der Waals surface area contributed by atoms with E-state index in [-0.39, 0.29) is 5.91 Å². The number of rotatable bonds is 5. The van der Waals surface area contributed by atoms with Crippen molar-refractivity contribution in [1.29, 1.82) is 0 Å². The summed E-state index contributed by atoms with van der Waals surface area (Å²) < 4.78 is 9.27. The Balaban J connectivity index is 1.51. The number of benzene rings is 3. The summed E-state index contributed by atoms with van der Waals surface area (Å²) in [5.41, 5.74) is 3.67. The molecule has 1 aliphatic rings. The third kappa shape index (κ3) is 6.44. The molecule has 3 aromatic carbocycles. The van der Waals surface area contributed by atoms with Crippen molar-refractivity contribution in [2.24, 2.45) is 4.99 Å². The Morgan fingerprint density at radius 1 is 1.09 bits per heavy atom. The number of amides is 1. The molecule has 4 nitrogen and oxygen atoms in total. The molecule has 9 heteroatoms. The topological polar surface area (TPSA) is 50.7 Å². The smallest absolute Gasteiger partial charge is 0.264 e. The van der Waals surface area contributed by atoms with Crippen LogP contribution in [0.4, 0.5) is 5.69 Å². The van der Waals surface area contributed by atoms with E-state index in [9.17, 15) is 4.79 Å². The van der Waals surface area contributed by atoms with Gasteiger partial charge in [0.25, 0.3) is 5.91 Å². The van der Waals surface area contributed by atoms with E-state index in [1.165, 1.54) is 15.3 Å². The maximum atomic E-state index is 12.5. The highest BCUT2D eigenvalue weighted by molar-refractivity contribution is 14.1. The summed E-state index contributed by atoms with van der Waals surface area (Å²) in [7, 11) is 0. The fourth-order valence-electron chi connectivity index (χ4n) is 3.00. The Bertz CT molecular complexity index is 1270. The molecule has 4 rings (SSSR count). The standard InChI is InChI=1S/C24H16ClI3N2O2S/c1-13-17(25)3-2-4-20(13)29-24-30-23(31)21(33-24)11-15-9-18(27)22(19(28)10-15)32-12-14-5-7-16(26)8-6-14/h2-11H,12H2,1H3,(H,29,30,31)/b21-11+. The van der Waals surface area contributed by atoms with Crippen LogP contribution in [0.15, 0.2) is 64.5 Å². The quantitative estimate of drug-likeness (QED) is 0.211. The van der Waals surface area contributed by atoms with E-state index >= 15 is 0 Å². The van der Waals surface area contributed by atoms with Gasteiger partial charge in [-0.2, -0.15) is 0 Å². The van der Waals surface area contributed by atoms with Crippen molar-refractivity contribution in [3.05, 3.63) is 91.9 Å². The minimum Gasteiger partial charge on any atom is -0.487 e. The van der Waals surface area contributed by atoms with Crippen molar-refractivity contribution < 1.29 is 9.53 Å². The van der Waals surface area contributed by atoms with Crippen molar-refractivity contribution in [3.63, 3.8) is 0 Å². The van der Waals surface area contributed by atoms with Crippen LogP contribution in [0.1, 0.15) is 16.7 Å². The highest BCUT2D eigenvalue weighted by Gasteiger charge is 2.24. The number of nitrogens with zero attached hydrogens (tertiary/aromatic N) is 1. The number of hydrogen-bond acceptors (Lipinski definition) is 4. The second-order valence-electron chi connectivity index (χ2n) is 7.09. The Morgan fingerprint density at radius 3 is 2.48 bits per heavy atom. The van der Waals surface area contributed by atoms with Crippen LogP contribution in [0.2, 0.25) is 5.02 Å². The van der Waals surface area contributed by atoms with Crippen molar-refractivity contribution in [1.82, 2.24) is 5.32 Å². The predicted molar refractivity (Wildman–Crippen MR) is 162 cm³/mol. The Hall–Kier alpha value is -0.830. The van der Waals surface area contributed by atoms with Crippen LogP contribution in [0.25, 0.3) is 6.08 Å². The van der Waals surface area contributed by atoms with Crippen LogP contribution in [0.3, 0.4) is 0 Å². The van der Waals surface area contributed by atoms with Crippen LogP contribution < -0.4 is 10.1 Å². The average Bonchev–Trinajstić information content (AvgIpc) is 3.10. The molecule has 1 heterocycles. The minimum atomic E-state index is -0.164. The van der Waals surface area contributed by atoms with E-state index in [1.807, 2.05) is 43.3 Å². The highest BCUT2D eigenvalue weighted by Crippen LogP contribution is 2.34. The van der Waals surface area contributed by atoms with E-state index in [2.05, 4.69) is 102 Å². The number of aliphatic imine (C=N–C) groups is 1. The van der Waals surface area contributed by atoms with E-state index in [1.54, 1.807) is 0 Å². The highest BCUT2D eigenvalue weighted by atomic mass is 127. The molecule has 0 radical (unpaired) electrons. The molecule has 1 aliphatic heterocycles. The minimum absolute atomic E-state index is 0.164. The van der Waals surface area contributed by atoms with Crippen LogP contribution in [-0.4, -0.2) is 11.1 Å². The van der Waals surface area contributed by atoms with E-state index < -0.39 is 0 Å². The molecule has 3 aromatic rings. The molecule has 0 atom stereocenters. The van der Waals surface area contributed by atoms with E-state index in [0.29, 0.717) is 21.7 Å². The molecule has 0 spiro atoms. The van der Waals surface area contributed by atoms with Crippen molar-refractivity contribution >= 4 is 114 Å². The van der Waals surface area contributed by atoms with Gasteiger partial charge in [0.2, 0.25) is 0 Å². The monoisotopic (exact) mass is 812 g/mol. The predicted octanol–water partition coefficient (Wildman–Crippen LogP) is 7.93. The summed E-state index contributed by atoms with van der Waals surface area (Å²) in [6, 6.07) is 17.9. The normalized spacial score (nSPS) is 15.8. The molecule has 168 valence electrons. The molecular weight excluding hydrogens is 797 g/mol. The fourth-order valence-corrected chi connectivity index (χ4v) is 6.49. The molecule has 0 aromatic heterocycles. The van der Waals surface area contributed by atoms with Gasteiger partial charge in [0.15, 0.2) is 5.17 Å². The number of thioether (sulfide) groups is 1. The Kier molecular flexibility index (Phi) is 8.63. The average molecular weight is 813 g/mol. The number of hydrogen-bond donors (Lipinski definition) is 1. The maximum Gasteiger partial charge on any atom is 0.264 e. The summed E-state index contributed by atoms with van der Waals surface area (Å²) in [6.45, 7) is 2.41. The number of ether oxygens (including phenoxy) is 1. The van der Waals surface area contributed by atoms with Crippen molar-refractivity contribution in [2.75, 3.05) is 0 Å². The first-order valence-electron chi connectivity index (χ1n) is 9.71. The van der Waals surface area contributed by atoms with Crippen LogP contribution >= 0.6 is 91.1 Å². The van der Waals surface area contributed by atoms with Gasteiger partial charge in [0, 0.05) is 8.59 Å². The summed E-state index contributed by atoms with van der Waals surface area (Å²) in [5.74, 6) is 0.682. The second-order valence-corrected chi connectivity index (χ2v) is 12.1. The number of carbonyl (C=O) groups is 1. The van der Waals surface area contributed by atoms with Crippen LogP contribution in [-0.2, 0) is 11.4 Å². The van der Waals surface area contributed by atoms with Gasteiger partial charge >= 0.3 is 0 Å². The second kappa shape index (κ2) is 11.3. The van der Waals surface area contributed by atoms with E-state index in [0.717, 1.165) is 35.3 Å². The Morgan fingerprint density at radius 2 is 1.79 bits per heavy atom. The molecule has 1 amide bonds. The summed E-state index contributed by atoms with van der Waals surface area (Å²) in [4.78, 5) is 17.7. The van der Waals surface area contributed by atoms with Gasteiger partial charge in [-0.05, 0) is 146 Å². The molecule has 1 N–H and O–H groups in total. The molecule has 0 aliphatic carbocycles. The lowest BCUT2D eigenvalue weighted by Crippen LogP contribution is -2.19. The van der Waals surface area contributed by atoms with Gasteiger partial charge in [-0.3, -0.25) is 4.79 Å². The molecule has 1 saturated heterocycles. The summed E-state index contributed by atoms with van der Waals surface area (Å²) in [6.07, 6.45) is 1.88. The largest absolute Gasteiger partial charge is 0.487 e. The number of amidine groups is 1. The van der Waals surface area contributed by atoms with Gasteiger partial charge < -0.3 is 10.1 Å². The molecule has 0 saturated carbocycles. The van der Waals surface area contributed by atoms with E-state index in [4.69, 9.17) is 16.3 Å².